The van der Waals surface area contributed by atoms with Gasteiger partial charge in [0.25, 0.3) is 0 Å². The molecule has 0 spiro atoms. The van der Waals surface area contributed by atoms with Crippen molar-refractivity contribution in [3.05, 3.63) is 30.0 Å². The number of rotatable bonds is 5. The average Bonchev–Trinajstić information content (AvgIpc) is 2.44. The Morgan fingerprint density at radius 1 is 1.26 bits per heavy atom. The highest BCUT2D eigenvalue weighted by atomic mass is 16.5. The first-order chi connectivity index (χ1) is 9.27. The Bertz CT molecular complexity index is 584. The van der Waals surface area contributed by atoms with Gasteiger partial charge in [0.05, 0.1) is 17.8 Å². The van der Waals surface area contributed by atoms with Crippen LogP contribution in [0.3, 0.4) is 0 Å². The summed E-state index contributed by atoms with van der Waals surface area (Å²) in [4.78, 5) is 11.9. The monoisotopic (exact) mass is 259 g/mol. The molecule has 1 heterocycles. The molecule has 0 amide bonds. The fraction of sp³-hybridized carbons (Fsp3) is 0.357. The maximum absolute atomic E-state index is 11.9. The quantitative estimate of drug-likeness (QED) is 0.836. The van der Waals surface area contributed by atoms with Crippen molar-refractivity contribution in [1.82, 2.24) is 10.2 Å². The molecule has 0 bridgehead atoms. The molecule has 0 aliphatic heterocycles. The zero-order chi connectivity index (χ0) is 13.7. The standard InChI is InChI=1S/C14H17N3O2/c1-3-9-15-12-10-7-5-6-8-11(10)16-17-13(12)14(18)19-4-2/h5-8H,3-4,9H2,1-2H3,(H,15,16). The van der Waals surface area contributed by atoms with Gasteiger partial charge in [-0.3, -0.25) is 0 Å². The van der Waals surface area contributed by atoms with Crippen molar-refractivity contribution in [2.75, 3.05) is 18.5 Å². The van der Waals surface area contributed by atoms with Crippen molar-refractivity contribution in [2.24, 2.45) is 0 Å². The van der Waals surface area contributed by atoms with Gasteiger partial charge in [0.2, 0.25) is 0 Å². The second-order valence-electron chi connectivity index (χ2n) is 4.09. The molecule has 2 rings (SSSR count). The van der Waals surface area contributed by atoms with Crippen LogP contribution in [0.5, 0.6) is 0 Å². The highest BCUT2D eigenvalue weighted by molar-refractivity contribution is 6.03. The van der Waals surface area contributed by atoms with Crippen molar-refractivity contribution in [1.29, 1.82) is 0 Å². The average molecular weight is 259 g/mol. The smallest absolute Gasteiger partial charge is 0.361 e. The summed E-state index contributed by atoms with van der Waals surface area (Å²) < 4.78 is 5.02. The highest BCUT2D eigenvalue weighted by Gasteiger charge is 2.17. The molecule has 5 heteroatoms. The van der Waals surface area contributed by atoms with Gasteiger partial charge in [-0.05, 0) is 19.4 Å². The molecule has 19 heavy (non-hydrogen) atoms. The van der Waals surface area contributed by atoms with Crippen LogP contribution in [0.2, 0.25) is 0 Å². The number of carbonyl (C=O) groups excluding carboxylic acids is 1. The molecule has 0 unspecified atom stereocenters. The summed E-state index contributed by atoms with van der Waals surface area (Å²) in [6, 6.07) is 7.60. The van der Waals surface area contributed by atoms with Crippen molar-refractivity contribution in [2.45, 2.75) is 20.3 Å². The first kappa shape index (κ1) is 13.3. The normalized spacial score (nSPS) is 10.4. The maximum atomic E-state index is 11.9. The molecule has 1 N–H and O–H groups in total. The minimum atomic E-state index is -0.445. The fourth-order valence-electron chi connectivity index (χ4n) is 1.82. The summed E-state index contributed by atoms with van der Waals surface area (Å²) in [6.45, 7) is 4.92. The van der Waals surface area contributed by atoms with Gasteiger partial charge in [0, 0.05) is 11.9 Å². The Kier molecular flexibility index (Phi) is 4.28. The molecule has 0 fully saturated rings. The molecule has 0 radical (unpaired) electrons. The summed E-state index contributed by atoms with van der Waals surface area (Å²) in [7, 11) is 0. The number of nitrogens with zero attached hydrogens (tertiary/aromatic N) is 2. The number of benzene rings is 1. The third-order valence-corrected chi connectivity index (χ3v) is 2.69. The predicted molar refractivity (Wildman–Crippen MR) is 74.3 cm³/mol. The van der Waals surface area contributed by atoms with E-state index in [2.05, 4.69) is 22.4 Å². The molecule has 0 saturated heterocycles. The molecule has 1 aromatic carbocycles. The van der Waals surface area contributed by atoms with Gasteiger partial charge < -0.3 is 10.1 Å². The van der Waals surface area contributed by atoms with Gasteiger partial charge in [-0.25, -0.2) is 4.79 Å². The number of nitrogens with one attached hydrogen (secondary N) is 1. The minimum Gasteiger partial charge on any atom is -0.461 e. The summed E-state index contributed by atoms with van der Waals surface area (Å²) in [5, 5.41) is 12.2. The molecule has 2 aromatic rings. The van der Waals surface area contributed by atoms with Crippen LogP contribution < -0.4 is 5.32 Å². The highest BCUT2D eigenvalue weighted by Crippen LogP contribution is 2.24. The number of hydrogen-bond donors (Lipinski definition) is 1. The lowest BCUT2D eigenvalue weighted by molar-refractivity contribution is 0.0519. The Morgan fingerprint density at radius 2 is 2.05 bits per heavy atom. The predicted octanol–water partition coefficient (Wildman–Crippen LogP) is 2.63. The maximum Gasteiger partial charge on any atom is 0.361 e. The van der Waals surface area contributed by atoms with E-state index in [9.17, 15) is 4.79 Å². The van der Waals surface area contributed by atoms with E-state index >= 15 is 0 Å². The lowest BCUT2D eigenvalue weighted by atomic mass is 10.1. The molecule has 0 aliphatic carbocycles. The Hall–Kier alpha value is -2.17. The van der Waals surface area contributed by atoms with E-state index in [0.29, 0.717) is 12.3 Å². The third-order valence-electron chi connectivity index (χ3n) is 2.69. The van der Waals surface area contributed by atoms with E-state index in [4.69, 9.17) is 4.74 Å². The van der Waals surface area contributed by atoms with Gasteiger partial charge in [-0.2, -0.15) is 0 Å². The number of anilines is 1. The summed E-state index contributed by atoms with van der Waals surface area (Å²) in [5.74, 6) is -0.445. The van der Waals surface area contributed by atoms with Crippen LogP contribution in [0.1, 0.15) is 30.8 Å². The van der Waals surface area contributed by atoms with Crippen molar-refractivity contribution in [3.8, 4) is 0 Å². The van der Waals surface area contributed by atoms with Crippen LogP contribution in [0.25, 0.3) is 10.9 Å². The molecule has 0 saturated carbocycles. The molecule has 0 aliphatic rings. The summed E-state index contributed by atoms with van der Waals surface area (Å²) in [6.07, 6.45) is 0.957. The Balaban J connectivity index is 2.52. The van der Waals surface area contributed by atoms with E-state index in [-0.39, 0.29) is 5.69 Å². The molecular weight excluding hydrogens is 242 g/mol. The van der Waals surface area contributed by atoms with Crippen LogP contribution >= 0.6 is 0 Å². The van der Waals surface area contributed by atoms with Crippen molar-refractivity contribution < 1.29 is 9.53 Å². The first-order valence-electron chi connectivity index (χ1n) is 6.44. The van der Waals surface area contributed by atoms with Gasteiger partial charge in [0.15, 0.2) is 5.69 Å². The number of carbonyl (C=O) groups is 1. The first-order valence-corrected chi connectivity index (χ1v) is 6.44. The van der Waals surface area contributed by atoms with E-state index in [1.807, 2.05) is 24.3 Å². The van der Waals surface area contributed by atoms with E-state index in [1.54, 1.807) is 6.92 Å². The van der Waals surface area contributed by atoms with Crippen LogP contribution in [-0.4, -0.2) is 29.3 Å². The van der Waals surface area contributed by atoms with Crippen molar-refractivity contribution >= 4 is 22.6 Å². The number of fused-ring (bicyclic) bond motifs is 1. The molecule has 100 valence electrons. The zero-order valence-corrected chi connectivity index (χ0v) is 11.1. The lowest BCUT2D eigenvalue weighted by Gasteiger charge is -2.11. The number of hydrogen-bond acceptors (Lipinski definition) is 5. The van der Waals surface area contributed by atoms with Crippen LogP contribution in [0.15, 0.2) is 24.3 Å². The van der Waals surface area contributed by atoms with E-state index in [0.717, 1.165) is 23.9 Å². The van der Waals surface area contributed by atoms with Crippen LogP contribution in [0.4, 0.5) is 5.69 Å². The minimum absolute atomic E-state index is 0.244. The van der Waals surface area contributed by atoms with Gasteiger partial charge in [-0.1, -0.05) is 25.1 Å². The lowest BCUT2D eigenvalue weighted by Crippen LogP contribution is -2.14. The van der Waals surface area contributed by atoms with Gasteiger partial charge in [0.1, 0.15) is 0 Å². The molecule has 1 aromatic heterocycles. The number of aromatic nitrogens is 2. The van der Waals surface area contributed by atoms with Gasteiger partial charge >= 0.3 is 5.97 Å². The zero-order valence-electron chi connectivity index (χ0n) is 11.1. The Labute approximate surface area is 112 Å². The fourth-order valence-corrected chi connectivity index (χ4v) is 1.82. The van der Waals surface area contributed by atoms with Crippen LogP contribution in [0, 0.1) is 0 Å². The van der Waals surface area contributed by atoms with Gasteiger partial charge in [-0.15, -0.1) is 10.2 Å². The molecular formula is C14H17N3O2. The summed E-state index contributed by atoms with van der Waals surface area (Å²) >= 11 is 0. The molecule has 0 atom stereocenters. The summed E-state index contributed by atoms with van der Waals surface area (Å²) in [5.41, 5.74) is 1.70. The molecule has 5 nitrogen and oxygen atoms in total. The SMILES string of the molecule is CCCNc1c(C(=O)OCC)nnc2ccccc12. The second kappa shape index (κ2) is 6.13. The largest absolute Gasteiger partial charge is 0.461 e. The number of esters is 1. The van der Waals surface area contributed by atoms with E-state index in [1.165, 1.54) is 0 Å². The number of ether oxygens (including phenoxy) is 1. The van der Waals surface area contributed by atoms with Crippen molar-refractivity contribution in [3.63, 3.8) is 0 Å². The second-order valence-corrected chi connectivity index (χ2v) is 4.09. The topological polar surface area (TPSA) is 64.1 Å². The third kappa shape index (κ3) is 2.81. The van der Waals surface area contributed by atoms with Crippen LogP contribution in [-0.2, 0) is 4.74 Å². The van der Waals surface area contributed by atoms with E-state index < -0.39 is 5.97 Å². The Morgan fingerprint density at radius 3 is 2.79 bits per heavy atom.